The van der Waals surface area contributed by atoms with Crippen molar-refractivity contribution in [1.82, 2.24) is 14.8 Å². The molecule has 4 nitrogen and oxygen atoms in total. The first-order valence-electron chi connectivity index (χ1n) is 7.83. The molecule has 1 heterocycles. The van der Waals surface area contributed by atoms with Crippen LogP contribution < -0.4 is 0 Å². The van der Waals surface area contributed by atoms with Gasteiger partial charge in [-0.3, -0.25) is 0 Å². The van der Waals surface area contributed by atoms with Crippen molar-refractivity contribution in [3.05, 3.63) is 65.2 Å². The normalized spacial score (nSPS) is 10.5. The van der Waals surface area contributed by atoms with E-state index in [1.54, 1.807) is 11.8 Å². The zero-order valence-corrected chi connectivity index (χ0v) is 14.5. The minimum Gasteiger partial charge on any atom is -0.302 e. The lowest BCUT2D eigenvalue weighted by atomic mass is 10.1. The van der Waals surface area contributed by atoms with Gasteiger partial charge in [0.2, 0.25) is 0 Å². The highest BCUT2D eigenvalue weighted by atomic mass is 32.2. The third-order valence-electron chi connectivity index (χ3n) is 3.73. The van der Waals surface area contributed by atoms with Gasteiger partial charge in [0.1, 0.15) is 0 Å². The first kappa shape index (κ1) is 16.3. The summed E-state index contributed by atoms with van der Waals surface area (Å²) in [7, 11) is 0. The molecule has 0 aliphatic heterocycles. The molecular formula is C19H18N4S. The molecule has 0 saturated heterocycles. The van der Waals surface area contributed by atoms with E-state index in [9.17, 15) is 0 Å². The van der Waals surface area contributed by atoms with Crippen LogP contribution >= 0.6 is 11.8 Å². The highest BCUT2D eigenvalue weighted by molar-refractivity contribution is 7.98. The minimum atomic E-state index is 0.686. The Morgan fingerprint density at radius 2 is 1.96 bits per heavy atom. The van der Waals surface area contributed by atoms with Crippen LogP contribution in [0, 0.1) is 18.3 Å². The van der Waals surface area contributed by atoms with E-state index >= 15 is 0 Å². The van der Waals surface area contributed by atoms with Gasteiger partial charge < -0.3 is 4.57 Å². The Hall–Kier alpha value is -2.58. The summed E-state index contributed by atoms with van der Waals surface area (Å²) in [4.78, 5) is 0. The highest BCUT2D eigenvalue weighted by Crippen LogP contribution is 2.26. The summed E-state index contributed by atoms with van der Waals surface area (Å²) < 4.78 is 2.13. The Bertz CT molecular complexity index is 892. The number of rotatable bonds is 5. The lowest BCUT2D eigenvalue weighted by Crippen LogP contribution is -2.00. The molecule has 0 atom stereocenters. The van der Waals surface area contributed by atoms with Gasteiger partial charge in [-0.05, 0) is 37.6 Å². The molecule has 3 rings (SSSR count). The summed E-state index contributed by atoms with van der Waals surface area (Å²) in [6.07, 6.45) is 0. The van der Waals surface area contributed by atoms with Crippen LogP contribution in [0.15, 0.2) is 53.7 Å². The van der Waals surface area contributed by atoms with Gasteiger partial charge in [-0.1, -0.05) is 47.7 Å². The molecule has 0 radical (unpaired) electrons. The lowest BCUT2D eigenvalue weighted by molar-refractivity contribution is 0.687. The van der Waals surface area contributed by atoms with Crippen LogP contribution in [-0.2, 0) is 12.3 Å². The van der Waals surface area contributed by atoms with Gasteiger partial charge in [0.15, 0.2) is 11.0 Å². The third-order valence-corrected chi connectivity index (χ3v) is 4.77. The molecule has 0 aliphatic carbocycles. The zero-order chi connectivity index (χ0) is 16.9. The number of hydrogen-bond acceptors (Lipinski definition) is 4. The number of aryl methyl sites for hydroxylation is 1. The Morgan fingerprint density at radius 3 is 2.71 bits per heavy atom. The molecule has 0 bridgehead atoms. The van der Waals surface area contributed by atoms with Crippen molar-refractivity contribution in [2.24, 2.45) is 0 Å². The van der Waals surface area contributed by atoms with Gasteiger partial charge in [0, 0.05) is 17.9 Å². The Kier molecular flexibility index (Phi) is 4.97. The molecule has 120 valence electrons. The SMILES string of the molecule is CCn1c(SCc2cccc(C#N)c2)nnc1-c1cccc(C)c1. The first-order chi connectivity index (χ1) is 11.7. The van der Waals surface area contributed by atoms with E-state index in [0.717, 1.165) is 34.4 Å². The second-order valence-electron chi connectivity index (χ2n) is 5.52. The Morgan fingerprint density at radius 1 is 1.12 bits per heavy atom. The predicted octanol–water partition coefficient (Wildman–Crippen LogP) is 4.44. The van der Waals surface area contributed by atoms with E-state index in [1.165, 1.54) is 5.56 Å². The minimum absolute atomic E-state index is 0.686. The predicted molar refractivity (Wildman–Crippen MR) is 96.6 cm³/mol. The number of hydrogen-bond donors (Lipinski definition) is 0. The Balaban J connectivity index is 1.83. The van der Waals surface area contributed by atoms with Gasteiger partial charge in [-0.25, -0.2) is 0 Å². The molecule has 0 spiro atoms. The maximum absolute atomic E-state index is 9.00. The van der Waals surface area contributed by atoms with E-state index in [-0.39, 0.29) is 0 Å². The van der Waals surface area contributed by atoms with E-state index in [0.29, 0.717) is 5.56 Å². The third kappa shape index (κ3) is 3.50. The fourth-order valence-corrected chi connectivity index (χ4v) is 3.50. The number of nitrogens with zero attached hydrogens (tertiary/aromatic N) is 4. The van der Waals surface area contributed by atoms with E-state index in [1.807, 2.05) is 30.3 Å². The van der Waals surface area contributed by atoms with Gasteiger partial charge in [-0.2, -0.15) is 5.26 Å². The molecule has 2 aromatic carbocycles. The average Bonchev–Trinajstić information content (AvgIpc) is 3.03. The van der Waals surface area contributed by atoms with E-state index in [2.05, 4.69) is 52.9 Å². The van der Waals surface area contributed by atoms with Crippen molar-refractivity contribution in [3.8, 4) is 17.5 Å². The van der Waals surface area contributed by atoms with E-state index < -0.39 is 0 Å². The standard InChI is InChI=1S/C19H18N4S/c1-3-23-18(17-9-4-6-14(2)10-17)21-22-19(23)24-13-16-8-5-7-15(11-16)12-20/h4-11H,3,13H2,1-2H3. The topological polar surface area (TPSA) is 54.5 Å². The summed E-state index contributed by atoms with van der Waals surface area (Å²) >= 11 is 1.64. The highest BCUT2D eigenvalue weighted by Gasteiger charge is 2.13. The van der Waals surface area contributed by atoms with Crippen molar-refractivity contribution in [3.63, 3.8) is 0 Å². The van der Waals surface area contributed by atoms with Crippen LogP contribution in [0.4, 0.5) is 0 Å². The van der Waals surface area contributed by atoms with Gasteiger partial charge in [0.25, 0.3) is 0 Å². The maximum atomic E-state index is 9.00. The van der Waals surface area contributed by atoms with Gasteiger partial charge in [-0.15, -0.1) is 10.2 Å². The van der Waals surface area contributed by atoms with Crippen LogP contribution in [0.3, 0.4) is 0 Å². The van der Waals surface area contributed by atoms with Crippen LogP contribution in [0.5, 0.6) is 0 Å². The number of nitriles is 1. The largest absolute Gasteiger partial charge is 0.302 e. The van der Waals surface area contributed by atoms with Gasteiger partial charge >= 0.3 is 0 Å². The van der Waals surface area contributed by atoms with Crippen LogP contribution in [0.25, 0.3) is 11.4 Å². The second kappa shape index (κ2) is 7.33. The number of benzene rings is 2. The quantitative estimate of drug-likeness (QED) is 0.647. The molecule has 0 N–H and O–H groups in total. The second-order valence-corrected chi connectivity index (χ2v) is 6.46. The van der Waals surface area contributed by atoms with Crippen LogP contribution in [0.1, 0.15) is 23.6 Å². The zero-order valence-electron chi connectivity index (χ0n) is 13.7. The molecule has 3 aromatic rings. The van der Waals surface area contributed by atoms with Crippen molar-refractivity contribution >= 4 is 11.8 Å². The molecule has 1 aromatic heterocycles. The fourth-order valence-electron chi connectivity index (χ4n) is 2.56. The fraction of sp³-hybridized carbons (Fsp3) is 0.211. The van der Waals surface area contributed by atoms with Crippen LogP contribution in [-0.4, -0.2) is 14.8 Å². The van der Waals surface area contributed by atoms with Crippen molar-refractivity contribution in [1.29, 1.82) is 5.26 Å². The maximum Gasteiger partial charge on any atom is 0.191 e. The summed E-state index contributed by atoms with van der Waals surface area (Å²) in [5.74, 6) is 1.66. The summed E-state index contributed by atoms with van der Waals surface area (Å²) in [5.41, 5.74) is 4.09. The number of thioether (sulfide) groups is 1. The summed E-state index contributed by atoms with van der Waals surface area (Å²) in [5, 5.41) is 18.6. The van der Waals surface area contributed by atoms with E-state index in [4.69, 9.17) is 5.26 Å². The number of aromatic nitrogens is 3. The van der Waals surface area contributed by atoms with Crippen molar-refractivity contribution in [2.75, 3.05) is 0 Å². The molecule has 0 unspecified atom stereocenters. The lowest BCUT2D eigenvalue weighted by Gasteiger charge is -2.08. The molecule has 0 aliphatic rings. The van der Waals surface area contributed by atoms with Gasteiger partial charge in [0.05, 0.1) is 11.6 Å². The molecule has 0 fully saturated rings. The summed E-state index contributed by atoms with van der Waals surface area (Å²) in [6.45, 7) is 4.99. The Labute approximate surface area is 146 Å². The average molecular weight is 334 g/mol. The molecule has 24 heavy (non-hydrogen) atoms. The smallest absolute Gasteiger partial charge is 0.191 e. The van der Waals surface area contributed by atoms with Crippen molar-refractivity contribution < 1.29 is 0 Å². The monoisotopic (exact) mass is 334 g/mol. The molecular weight excluding hydrogens is 316 g/mol. The summed E-state index contributed by atoms with van der Waals surface area (Å²) in [6, 6.07) is 18.2. The van der Waals surface area contributed by atoms with Crippen molar-refractivity contribution in [2.45, 2.75) is 31.3 Å². The first-order valence-corrected chi connectivity index (χ1v) is 8.82. The molecule has 0 amide bonds. The van der Waals surface area contributed by atoms with Crippen LogP contribution in [0.2, 0.25) is 0 Å². The molecule has 5 heteroatoms. The molecule has 0 saturated carbocycles.